The Kier molecular flexibility index (Phi) is 3.34. The maximum atomic E-state index is 6.55. The molecule has 0 saturated heterocycles. The van der Waals surface area contributed by atoms with Gasteiger partial charge in [-0.15, -0.1) is 0 Å². The van der Waals surface area contributed by atoms with Crippen molar-refractivity contribution in [3.05, 3.63) is 35.4 Å². The van der Waals surface area contributed by atoms with Gasteiger partial charge >= 0.3 is 0 Å². The highest BCUT2D eigenvalue weighted by Crippen LogP contribution is 2.38. The van der Waals surface area contributed by atoms with Gasteiger partial charge in [-0.2, -0.15) is 0 Å². The van der Waals surface area contributed by atoms with Crippen molar-refractivity contribution in [3.63, 3.8) is 0 Å². The summed E-state index contributed by atoms with van der Waals surface area (Å²) in [5, 5.41) is 0. The van der Waals surface area contributed by atoms with Crippen LogP contribution in [-0.4, -0.2) is 0 Å². The van der Waals surface area contributed by atoms with E-state index in [2.05, 4.69) is 38.1 Å². The molecule has 0 aromatic heterocycles. The van der Waals surface area contributed by atoms with Gasteiger partial charge in [0, 0.05) is 5.54 Å². The van der Waals surface area contributed by atoms with Crippen LogP contribution < -0.4 is 5.73 Å². The van der Waals surface area contributed by atoms with E-state index in [4.69, 9.17) is 5.73 Å². The first-order valence-corrected chi connectivity index (χ1v) is 6.50. The molecule has 1 aromatic carbocycles. The van der Waals surface area contributed by atoms with Crippen molar-refractivity contribution in [1.82, 2.24) is 0 Å². The Morgan fingerprint density at radius 2 is 1.75 bits per heavy atom. The number of rotatable bonds is 2. The van der Waals surface area contributed by atoms with E-state index in [1.165, 1.54) is 30.4 Å². The Labute approximate surface area is 99.0 Å². The van der Waals surface area contributed by atoms with E-state index in [1.807, 2.05) is 0 Å². The predicted molar refractivity (Wildman–Crippen MR) is 69.3 cm³/mol. The van der Waals surface area contributed by atoms with Crippen molar-refractivity contribution in [1.29, 1.82) is 0 Å². The van der Waals surface area contributed by atoms with Gasteiger partial charge in [0.15, 0.2) is 0 Å². The third-order valence-electron chi connectivity index (χ3n) is 4.20. The molecule has 2 N–H and O–H groups in total. The molecule has 0 unspecified atom stereocenters. The molecular weight excluding hydrogens is 194 g/mol. The van der Waals surface area contributed by atoms with Gasteiger partial charge in [0.05, 0.1) is 0 Å². The lowest BCUT2D eigenvalue weighted by atomic mass is 9.73. The third kappa shape index (κ3) is 2.30. The second-order valence-electron chi connectivity index (χ2n) is 5.37. The summed E-state index contributed by atoms with van der Waals surface area (Å²) < 4.78 is 0. The number of hydrogen-bond donors (Lipinski definition) is 1. The molecule has 1 aromatic rings. The molecule has 1 aliphatic carbocycles. The van der Waals surface area contributed by atoms with Gasteiger partial charge in [-0.3, -0.25) is 0 Å². The monoisotopic (exact) mass is 217 g/mol. The summed E-state index contributed by atoms with van der Waals surface area (Å²) in [4.78, 5) is 0. The van der Waals surface area contributed by atoms with Crippen LogP contribution in [0.5, 0.6) is 0 Å². The van der Waals surface area contributed by atoms with Crippen molar-refractivity contribution >= 4 is 0 Å². The number of hydrogen-bond acceptors (Lipinski definition) is 1. The molecule has 0 radical (unpaired) electrons. The molecule has 0 bridgehead atoms. The van der Waals surface area contributed by atoms with E-state index in [0.717, 1.165) is 18.8 Å². The smallest absolute Gasteiger partial charge is 0.0409 e. The lowest BCUT2D eigenvalue weighted by Gasteiger charge is -2.37. The quantitative estimate of drug-likeness (QED) is 0.802. The summed E-state index contributed by atoms with van der Waals surface area (Å²) in [6, 6.07) is 8.77. The van der Waals surface area contributed by atoms with Crippen LogP contribution in [0.25, 0.3) is 0 Å². The molecule has 2 rings (SSSR count). The van der Waals surface area contributed by atoms with Gasteiger partial charge in [-0.05, 0) is 44.1 Å². The molecular formula is C15H23N. The average Bonchev–Trinajstić information content (AvgIpc) is 2.31. The Morgan fingerprint density at radius 3 is 2.25 bits per heavy atom. The molecule has 1 fully saturated rings. The molecule has 0 heterocycles. The Bertz CT molecular complexity index is 331. The van der Waals surface area contributed by atoms with Crippen LogP contribution in [0.3, 0.4) is 0 Å². The van der Waals surface area contributed by atoms with Gasteiger partial charge in [0.1, 0.15) is 0 Å². The maximum Gasteiger partial charge on any atom is 0.0409 e. The molecule has 0 spiro atoms. The highest BCUT2D eigenvalue weighted by molar-refractivity contribution is 5.28. The molecule has 0 amide bonds. The normalized spacial score (nSPS) is 30.3. The van der Waals surface area contributed by atoms with Crippen molar-refractivity contribution < 1.29 is 0 Å². The fourth-order valence-corrected chi connectivity index (χ4v) is 2.78. The van der Waals surface area contributed by atoms with E-state index in [1.54, 1.807) is 0 Å². The van der Waals surface area contributed by atoms with Crippen LogP contribution in [0.4, 0.5) is 0 Å². The van der Waals surface area contributed by atoms with Crippen LogP contribution in [-0.2, 0) is 5.54 Å². The van der Waals surface area contributed by atoms with E-state index in [0.29, 0.717) is 0 Å². The van der Waals surface area contributed by atoms with Crippen LogP contribution in [0.2, 0.25) is 0 Å². The van der Waals surface area contributed by atoms with Gasteiger partial charge < -0.3 is 5.73 Å². The molecule has 1 saturated carbocycles. The minimum Gasteiger partial charge on any atom is -0.321 e. The van der Waals surface area contributed by atoms with Gasteiger partial charge in [-0.1, -0.05) is 43.2 Å². The molecule has 16 heavy (non-hydrogen) atoms. The number of benzene rings is 1. The van der Waals surface area contributed by atoms with Crippen molar-refractivity contribution in [2.45, 2.75) is 51.5 Å². The zero-order chi connectivity index (χ0) is 11.6. The zero-order valence-corrected chi connectivity index (χ0v) is 10.5. The molecule has 1 nitrogen and oxygen atoms in total. The standard InChI is InChI=1S/C15H23N/c1-3-13-8-10-15(16,11-9-13)14-6-4-12(2)5-7-14/h4-7,13H,3,8-11,16H2,1-2H3. The number of aryl methyl sites for hydroxylation is 1. The average molecular weight is 217 g/mol. The summed E-state index contributed by atoms with van der Waals surface area (Å²) in [6.07, 6.45) is 6.19. The fourth-order valence-electron chi connectivity index (χ4n) is 2.78. The van der Waals surface area contributed by atoms with Gasteiger partial charge in [-0.25, -0.2) is 0 Å². The molecule has 1 aliphatic rings. The van der Waals surface area contributed by atoms with Crippen molar-refractivity contribution in [2.24, 2.45) is 11.7 Å². The SMILES string of the molecule is CCC1CCC(N)(c2ccc(C)cc2)CC1. The zero-order valence-electron chi connectivity index (χ0n) is 10.5. The highest BCUT2D eigenvalue weighted by Gasteiger charge is 2.32. The highest BCUT2D eigenvalue weighted by atomic mass is 14.7. The van der Waals surface area contributed by atoms with E-state index in [9.17, 15) is 0 Å². The fraction of sp³-hybridized carbons (Fsp3) is 0.600. The van der Waals surface area contributed by atoms with Crippen LogP contribution >= 0.6 is 0 Å². The Morgan fingerprint density at radius 1 is 1.19 bits per heavy atom. The molecule has 1 heteroatoms. The van der Waals surface area contributed by atoms with Gasteiger partial charge in [0.25, 0.3) is 0 Å². The first kappa shape index (κ1) is 11.7. The van der Waals surface area contributed by atoms with E-state index in [-0.39, 0.29) is 5.54 Å². The van der Waals surface area contributed by atoms with Gasteiger partial charge in [0.2, 0.25) is 0 Å². The van der Waals surface area contributed by atoms with Crippen molar-refractivity contribution in [2.75, 3.05) is 0 Å². The van der Waals surface area contributed by atoms with Crippen molar-refractivity contribution in [3.8, 4) is 0 Å². The first-order chi connectivity index (χ1) is 7.64. The molecule has 0 aliphatic heterocycles. The van der Waals surface area contributed by atoms with Crippen LogP contribution in [0.15, 0.2) is 24.3 Å². The second kappa shape index (κ2) is 4.58. The minimum atomic E-state index is -0.0562. The largest absolute Gasteiger partial charge is 0.321 e. The Hall–Kier alpha value is -0.820. The summed E-state index contributed by atoms with van der Waals surface area (Å²) in [7, 11) is 0. The third-order valence-corrected chi connectivity index (χ3v) is 4.20. The summed E-state index contributed by atoms with van der Waals surface area (Å²) in [5.74, 6) is 0.905. The lowest BCUT2D eigenvalue weighted by Crippen LogP contribution is -2.40. The number of nitrogens with two attached hydrogens (primary N) is 1. The second-order valence-corrected chi connectivity index (χ2v) is 5.37. The molecule has 88 valence electrons. The lowest BCUT2D eigenvalue weighted by molar-refractivity contribution is 0.231. The van der Waals surface area contributed by atoms with Crippen LogP contribution in [0, 0.1) is 12.8 Å². The summed E-state index contributed by atoms with van der Waals surface area (Å²) >= 11 is 0. The molecule has 0 atom stereocenters. The summed E-state index contributed by atoms with van der Waals surface area (Å²) in [5.41, 5.74) is 9.13. The maximum absolute atomic E-state index is 6.55. The first-order valence-electron chi connectivity index (χ1n) is 6.50. The topological polar surface area (TPSA) is 26.0 Å². The van der Waals surface area contributed by atoms with E-state index >= 15 is 0 Å². The predicted octanol–water partition coefficient (Wildman–Crippen LogP) is 3.75. The van der Waals surface area contributed by atoms with E-state index < -0.39 is 0 Å². The van der Waals surface area contributed by atoms with Crippen LogP contribution in [0.1, 0.15) is 50.2 Å². The summed E-state index contributed by atoms with van der Waals surface area (Å²) in [6.45, 7) is 4.42. The Balaban J connectivity index is 2.11. The minimum absolute atomic E-state index is 0.0562.